The summed E-state index contributed by atoms with van der Waals surface area (Å²) < 4.78 is 1.94. The molecule has 0 aliphatic heterocycles. The molecule has 1 heterocycles. The zero-order valence-corrected chi connectivity index (χ0v) is 11.3. The Kier molecular flexibility index (Phi) is 2.81. The molecule has 0 unspecified atom stereocenters. The first-order valence-corrected chi connectivity index (χ1v) is 5.90. The number of nitrogens with two attached hydrogens (primary N) is 1. The second kappa shape index (κ2) is 3.79. The van der Waals surface area contributed by atoms with Crippen LogP contribution < -0.4 is 5.73 Å². The van der Waals surface area contributed by atoms with E-state index in [4.69, 9.17) is 17.3 Å². The fourth-order valence-corrected chi connectivity index (χ4v) is 2.96. The van der Waals surface area contributed by atoms with Gasteiger partial charge in [-0.15, -0.1) is 0 Å². The van der Waals surface area contributed by atoms with Crippen LogP contribution in [-0.2, 0) is 0 Å². The number of rotatable bonds is 0. The molecule has 2 aromatic rings. The van der Waals surface area contributed by atoms with Crippen LogP contribution >= 0.6 is 50.1 Å². The Morgan fingerprint density at radius 3 is 2.79 bits per heavy atom. The van der Waals surface area contributed by atoms with Crippen molar-refractivity contribution in [2.24, 2.45) is 0 Å². The highest BCUT2D eigenvalue weighted by atomic mass is 127. The van der Waals surface area contributed by atoms with E-state index in [1.165, 1.54) is 0 Å². The van der Waals surface area contributed by atoms with E-state index in [0.717, 1.165) is 18.9 Å². The summed E-state index contributed by atoms with van der Waals surface area (Å²) in [5.74, 6) is 0.402. The summed E-state index contributed by atoms with van der Waals surface area (Å²) in [6.07, 6.45) is 0. The van der Waals surface area contributed by atoms with Gasteiger partial charge in [0.15, 0.2) is 0 Å². The van der Waals surface area contributed by atoms with Gasteiger partial charge >= 0.3 is 0 Å². The summed E-state index contributed by atoms with van der Waals surface area (Å²) in [5.41, 5.74) is 6.52. The van der Waals surface area contributed by atoms with Crippen LogP contribution in [0.3, 0.4) is 0 Å². The Labute approximate surface area is 107 Å². The van der Waals surface area contributed by atoms with Gasteiger partial charge in [0.05, 0.1) is 5.52 Å². The van der Waals surface area contributed by atoms with Crippen molar-refractivity contribution in [3.05, 3.63) is 25.5 Å². The van der Waals surface area contributed by atoms with Crippen molar-refractivity contribution in [2.45, 2.75) is 0 Å². The van der Waals surface area contributed by atoms with E-state index in [0.29, 0.717) is 5.82 Å². The maximum atomic E-state index is 5.74. The second-order valence-corrected chi connectivity index (χ2v) is 5.08. The van der Waals surface area contributed by atoms with Crippen LogP contribution in [-0.4, -0.2) is 9.97 Å². The number of benzene rings is 1. The normalized spacial score (nSPS) is 10.8. The van der Waals surface area contributed by atoms with Crippen LogP contribution in [0.5, 0.6) is 0 Å². The lowest BCUT2D eigenvalue weighted by Gasteiger charge is -2.04. The van der Waals surface area contributed by atoms with Crippen molar-refractivity contribution in [3.63, 3.8) is 0 Å². The third-order valence-electron chi connectivity index (χ3n) is 1.72. The first-order valence-electron chi connectivity index (χ1n) is 3.65. The molecule has 1 aromatic carbocycles. The lowest BCUT2D eigenvalue weighted by atomic mass is 10.2. The van der Waals surface area contributed by atoms with E-state index >= 15 is 0 Å². The quantitative estimate of drug-likeness (QED) is 0.561. The van der Waals surface area contributed by atoms with Gasteiger partial charge < -0.3 is 5.73 Å². The first kappa shape index (κ1) is 10.4. The standard InChI is InChI=1S/C8H4BrClIN3/c9-3-1-4-6(5(11)2-3)13-8(10)14-7(4)12/h1-2H,(H2,12,13,14). The minimum absolute atomic E-state index is 0.176. The summed E-state index contributed by atoms with van der Waals surface area (Å²) in [6.45, 7) is 0. The van der Waals surface area contributed by atoms with Crippen LogP contribution in [0, 0.1) is 3.57 Å². The number of hydrogen-bond donors (Lipinski definition) is 1. The van der Waals surface area contributed by atoms with Crippen LogP contribution in [0.4, 0.5) is 5.82 Å². The summed E-state index contributed by atoms with van der Waals surface area (Å²) >= 11 is 11.3. The molecule has 0 aliphatic rings. The molecule has 0 radical (unpaired) electrons. The minimum atomic E-state index is 0.176. The second-order valence-electron chi connectivity index (χ2n) is 2.66. The largest absolute Gasteiger partial charge is 0.383 e. The molecule has 14 heavy (non-hydrogen) atoms. The number of halogens is 3. The van der Waals surface area contributed by atoms with Gasteiger partial charge in [-0.1, -0.05) is 15.9 Å². The van der Waals surface area contributed by atoms with Gasteiger partial charge in [0.2, 0.25) is 5.28 Å². The SMILES string of the molecule is Nc1nc(Cl)nc2c(I)cc(Br)cc12. The Morgan fingerprint density at radius 1 is 1.36 bits per heavy atom. The van der Waals surface area contributed by atoms with Gasteiger partial charge in [0.25, 0.3) is 0 Å². The van der Waals surface area contributed by atoms with Crippen LogP contribution in [0.15, 0.2) is 16.6 Å². The van der Waals surface area contributed by atoms with Crippen LogP contribution in [0.25, 0.3) is 10.9 Å². The van der Waals surface area contributed by atoms with Crippen molar-refractivity contribution in [1.82, 2.24) is 9.97 Å². The number of fused-ring (bicyclic) bond motifs is 1. The summed E-state index contributed by atoms with van der Waals surface area (Å²) in [6, 6.07) is 3.83. The molecule has 2 rings (SSSR count). The Bertz CT molecular complexity index is 470. The molecule has 1 aromatic heterocycles. The molecule has 0 saturated heterocycles. The Morgan fingerprint density at radius 2 is 2.07 bits per heavy atom. The number of anilines is 1. The molecule has 3 nitrogen and oxygen atoms in total. The summed E-state index contributed by atoms with van der Waals surface area (Å²) in [7, 11) is 0. The van der Waals surface area contributed by atoms with Crippen molar-refractivity contribution in [1.29, 1.82) is 0 Å². The number of nitrogen functional groups attached to an aromatic ring is 1. The average Bonchev–Trinajstić information content (AvgIpc) is 2.07. The third-order valence-corrected chi connectivity index (χ3v) is 3.17. The predicted octanol–water partition coefficient (Wildman–Crippen LogP) is 3.23. The molecule has 2 N–H and O–H groups in total. The van der Waals surface area contributed by atoms with Crippen molar-refractivity contribution in [2.75, 3.05) is 5.73 Å². The molecule has 0 aliphatic carbocycles. The van der Waals surface area contributed by atoms with Crippen molar-refractivity contribution < 1.29 is 0 Å². The highest BCUT2D eigenvalue weighted by Gasteiger charge is 2.07. The molecule has 6 heteroatoms. The van der Waals surface area contributed by atoms with Crippen molar-refractivity contribution in [3.8, 4) is 0 Å². The van der Waals surface area contributed by atoms with E-state index < -0.39 is 0 Å². The van der Waals surface area contributed by atoms with E-state index in [2.05, 4.69) is 48.5 Å². The zero-order chi connectivity index (χ0) is 10.3. The molecule has 0 amide bonds. The number of hydrogen-bond acceptors (Lipinski definition) is 3. The molecule has 0 spiro atoms. The molecule has 0 atom stereocenters. The number of nitrogens with zero attached hydrogens (tertiary/aromatic N) is 2. The fourth-order valence-electron chi connectivity index (χ4n) is 1.15. The zero-order valence-electron chi connectivity index (χ0n) is 6.76. The fraction of sp³-hybridized carbons (Fsp3) is 0. The first-order chi connectivity index (χ1) is 6.58. The molecule has 0 fully saturated rings. The predicted molar refractivity (Wildman–Crippen MR) is 69.4 cm³/mol. The molecule has 72 valence electrons. The van der Waals surface area contributed by atoms with Gasteiger partial charge in [-0.3, -0.25) is 0 Å². The van der Waals surface area contributed by atoms with Crippen molar-refractivity contribution >= 4 is 66.8 Å². The van der Waals surface area contributed by atoms with E-state index in [1.54, 1.807) is 0 Å². The van der Waals surface area contributed by atoms with E-state index in [1.807, 2.05) is 12.1 Å². The molecule has 0 saturated carbocycles. The highest BCUT2D eigenvalue weighted by Crippen LogP contribution is 2.27. The lowest BCUT2D eigenvalue weighted by Crippen LogP contribution is -1.96. The Balaban J connectivity index is 2.94. The van der Waals surface area contributed by atoms with Gasteiger partial charge in [-0.2, -0.15) is 0 Å². The summed E-state index contributed by atoms with van der Waals surface area (Å²) in [4.78, 5) is 8.02. The molecule has 0 bridgehead atoms. The van der Waals surface area contributed by atoms with Crippen LogP contribution in [0.1, 0.15) is 0 Å². The lowest BCUT2D eigenvalue weighted by molar-refractivity contribution is 1.22. The van der Waals surface area contributed by atoms with Gasteiger partial charge in [0.1, 0.15) is 5.82 Å². The van der Waals surface area contributed by atoms with E-state index in [-0.39, 0.29) is 5.28 Å². The van der Waals surface area contributed by atoms with Crippen LogP contribution in [0.2, 0.25) is 5.28 Å². The molecular formula is C8H4BrClIN3. The van der Waals surface area contributed by atoms with Gasteiger partial charge in [-0.05, 0) is 46.3 Å². The minimum Gasteiger partial charge on any atom is -0.383 e. The van der Waals surface area contributed by atoms with Gasteiger partial charge in [-0.25, -0.2) is 9.97 Å². The smallest absolute Gasteiger partial charge is 0.224 e. The maximum absolute atomic E-state index is 5.74. The van der Waals surface area contributed by atoms with Gasteiger partial charge in [0, 0.05) is 13.4 Å². The Hall–Kier alpha value is -0.140. The summed E-state index contributed by atoms with van der Waals surface area (Å²) in [5, 5.41) is 0.989. The molecular weight excluding hydrogens is 380 g/mol. The number of aromatic nitrogens is 2. The third kappa shape index (κ3) is 1.80. The maximum Gasteiger partial charge on any atom is 0.224 e. The highest BCUT2D eigenvalue weighted by molar-refractivity contribution is 14.1. The monoisotopic (exact) mass is 383 g/mol. The van der Waals surface area contributed by atoms with E-state index in [9.17, 15) is 0 Å². The topological polar surface area (TPSA) is 51.8 Å². The average molecular weight is 384 g/mol.